The van der Waals surface area contributed by atoms with Gasteiger partial charge in [-0.1, -0.05) is 35.3 Å². The SMILES string of the molecule is COCCN(Cc1cccc(OS(C)(=O)=O)c1)C(=O)Nc1ccc(Cl)c(Cl)c1. The first-order valence-electron chi connectivity index (χ1n) is 8.16. The molecule has 0 aliphatic heterocycles. The molecule has 0 saturated carbocycles. The Morgan fingerprint density at radius 2 is 1.89 bits per heavy atom. The van der Waals surface area contributed by atoms with Gasteiger partial charge in [0, 0.05) is 25.9 Å². The van der Waals surface area contributed by atoms with E-state index >= 15 is 0 Å². The van der Waals surface area contributed by atoms with E-state index in [0.717, 1.165) is 6.26 Å². The Kier molecular flexibility index (Phi) is 7.94. The zero-order valence-electron chi connectivity index (χ0n) is 15.3. The molecule has 7 nitrogen and oxygen atoms in total. The molecule has 0 atom stereocenters. The lowest BCUT2D eigenvalue weighted by atomic mass is 10.2. The van der Waals surface area contributed by atoms with Crippen molar-refractivity contribution < 1.29 is 22.1 Å². The first-order valence-corrected chi connectivity index (χ1v) is 10.7. The zero-order chi connectivity index (χ0) is 20.7. The highest BCUT2D eigenvalue weighted by Gasteiger charge is 2.15. The summed E-state index contributed by atoms with van der Waals surface area (Å²) in [6, 6.07) is 10.9. The fourth-order valence-electron chi connectivity index (χ4n) is 2.32. The van der Waals surface area contributed by atoms with Gasteiger partial charge >= 0.3 is 16.1 Å². The monoisotopic (exact) mass is 446 g/mol. The van der Waals surface area contributed by atoms with E-state index < -0.39 is 10.1 Å². The van der Waals surface area contributed by atoms with Crippen molar-refractivity contribution in [3.63, 3.8) is 0 Å². The number of ether oxygens (including phenoxy) is 1. The van der Waals surface area contributed by atoms with Crippen LogP contribution in [0.2, 0.25) is 10.0 Å². The van der Waals surface area contributed by atoms with E-state index in [4.69, 9.17) is 32.1 Å². The lowest BCUT2D eigenvalue weighted by Crippen LogP contribution is -2.36. The third-order valence-corrected chi connectivity index (χ3v) is 4.78. The number of methoxy groups -OCH3 is 1. The summed E-state index contributed by atoms with van der Waals surface area (Å²) >= 11 is 11.9. The van der Waals surface area contributed by atoms with Gasteiger partial charge in [0.05, 0.1) is 22.9 Å². The summed E-state index contributed by atoms with van der Waals surface area (Å²) in [4.78, 5) is 14.2. The Hall–Kier alpha value is -2.00. The van der Waals surface area contributed by atoms with Crippen LogP contribution in [-0.4, -0.2) is 45.9 Å². The predicted octanol–water partition coefficient (Wildman–Crippen LogP) is 4.01. The molecule has 28 heavy (non-hydrogen) atoms. The molecule has 0 aliphatic rings. The number of benzene rings is 2. The van der Waals surface area contributed by atoms with Crippen LogP contribution >= 0.6 is 23.2 Å². The van der Waals surface area contributed by atoms with E-state index in [1.165, 1.54) is 18.1 Å². The largest absolute Gasteiger partial charge is 0.383 e. The van der Waals surface area contributed by atoms with Crippen LogP contribution in [0.3, 0.4) is 0 Å². The second-order valence-electron chi connectivity index (χ2n) is 5.91. The highest BCUT2D eigenvalue weighted by Crippen LogP contribution is 2.25. The van der Waals surface area contributed by atoms with Crippen molar-refractivity contribution in [2.75, 3.05) is 31.8 Å². The van der Waals surface area contributed by atoms with E-state index in [2.05, 4.69) is 5.32 Å². The third-order valence-electron chi connectivity index (χ3n) is 3.54. The minimum absolute atomic E-state index is 0.177. The zero-order valence-corrected chi connectivity index (χ0v) is 17.6. The molecular formula is C18H20Cl2N2O5S. The number of nitrogens with one attached hydrogen (secondary N) is 1. The Morgan fingerprint density at radius 3 is 2.54 bits per heavy atom. The molecule has 0 radical (unpaired) electrons. The van der Waals surface area contributed by atoms with Crippen molar-refractivity contribution in [3.8, 4) is 5.75 Å². The minimum Gasteiger partial charge on any atom is -0.383 e. The molecule has 0 heterocycles. The van der Waals surface area contributed by atoms with E-state index in [0.29, 0.717) is 34.4 Å². The highest BCUT2D eigenvalue weighted by atomic mass is 35.5. The molecule has 10 heteroatoms. The van der Waals surface area contributed by atoms with Crippen LogP contribution in [0.4, 0.5) is 10.5 Å². The summed E-state index contributed by atoms with van der Waals surface area (Å²) < 4.78 is 32.6. The molecule has 0 fully saturated rings. The Bertz CT molecular complexity index is 937. The first kappa shape index (κ1) is 22.3. The number of rotatable bonds is 8. The van der Waals surface area contributed by atoms with Crippen molar-refractivity contribution in [2.24, 2.45) is 0 Å². The number of halogens is 2. The number of urea groups is 1. The fourth-order valence-corrected chi connectivity index (χ4v) is 3.07. The number of carbonyl (C=O) groups is 1. The summed E-state index contributed by atoms with van der Waals surface area (Å²) in [5.41, 5.74) is 1.19. The summed E-state index contributed by atoms with van der Waals surface area (Å²) in [6.07, 6.45) is 0.968. The summed E-state index contributed by atoms with van der Waals surface area (Å²) in [5.74, 6) is 0.177. The second-order valence-corrected chi connectivity index (χ2v) is 8.30. The maximum Gasteiger partial charge on any atom is 0.322 e. The molecule has 0 spiro atoms. The molecule has 0 bridgehead atoms. The number of nitrogens with zero attached hydrogens (tertiary/aromatic N) is 1. The third kappa shape index (κ3) is 7.20. The van der Waals surface area contributed by atoms with Gasteiger partial charge in [-0.3, -0.25) is 0 Å². The van der Waals surface area contributed by atoms with Gasteiger partial charge in [0.25, 0.3) is 0 Å². The Morgan fingerprint density at radius 1 is 1.14 bits per heavy atom. The molecule has 2 amide bonds. The van der Waals surface area contributed by atoms with E-state index in [1.54, 1.807) is 36.4 Å². The predicted molar refractivity (Wildman–Crippen MR) is 110 cm³/mol. The van der Waals surface area contributed by atoms with Gasteiger partial charge in [0.15, 0.2) is 0 Å². The average Bonchev–Trinajstić information content (AvgIpc) is 2.60. The summed E-state index contributed by atoms with van der Waals surface area (Å²) in [6.45, 7) is 0.868. The topological polar surface area (TPSA) is 84.9 Å². The molecule has 0 aliphatic carbocycles. The first-order chi connectivity index (χ1) is 13.2. The Labute approximate surface area is 174 Å². The molecule has 2 rings (SSSR count). The van der Waals surface area contributed by atoms with Crippen LogP contribution in [-0.2, 0) is 21.4 Å². The van der Waals surface area contributed by atoms with Gasteiger partial charge in [0.2, 0.25) is 0 Å². The number of anilines is 1. The lowest BCUT2D eigenvalue weighted by Gasteiger charge is -2.23. The lowest BCUT2D eigenvalue weighted by molar-refractivity contribution is 0.153. The van der Waals surface area contributed by atoms with Gasteiger partial charge < -0.3 is 19.1 Å². The van der Waals surface area contributed by atoms with E-state index in [1.807, 2.05) is 0 Å². The number of hydrogen-bond acceptors (Lipinski definition) is 5. The number of hydrogen-bond donors (Lipinski definition) is 1. The summed E-state index contributed by atoms with van der Waals surface area (Å²) in [7, 11) is -2.10. The van der Waals surface area contributed by atoms with Crippen molar-refractivity contribution in [3.05, 3.63) is 58.1 Å². The molecular weight excluding hydrogens is 427 g/mol. The van der Waals surface area contributed by atoms with E-state index in [9.17, 15) is 13.2 Å². The van der Waals surface area contributed by atoms with Gasteiger partial charge in [-0.25, -0.2) is 4.79 Å². The van der Waals surface area contributed by atoms with Gasteiger partial charge in [-0.05, 0) is 35.9 Å². The number of amides is 2. The van der Waals surface area contributed by atoms with Crippen molar-refractivity contribution in [1.82, 2.24) is 4.90 Å². The fraction of sp³-hybridized carbons (Fsp3) is 0.278. The summed E-state index contributed by atoms with van der Waals surface area (Å²) in [5, 5.41) is 3.47. The van der Waals surface area contributed by atoms with Crippen LogP contribution in [0.1, 0.15) is 5.56 Å². The molecule has 0 aromatic heterocycles. The standard InChI is InChI=1S/C18H20Cl2N2O5S/c1-26-9-8-22(18(23)21-14-6-7-16(19)17(20)11-14)12-13-4-3-5-15(10-13)27-28(2,24)25/h3-7,10-11H,8-9,12H2,1-2H3,(H,21,23). The highest BCUT2D eigenvalue weighted by molar-refractivity contribution is 7.86. The van der Waals surface area contributed by atoms with Crippen LogP contribution < -0.4 is 9.50 Å². The molecule has 1 N–H and O–H groups in total. The van der Waals surface area contributed by atoms with Gasteiger partial charge in [-0.15, -0.1) is 0 Å². The van der Waals surface area contributed by atoms with E-state index in [-0.39, 0.29) is 18.3 Å². The molecule has 0 unspecified atom stereocenters. The maximum atomic E-state index is 12.7. The molecule has 2 aromatic carbocycles. The maximum absolute atomic E-state index is 12.7. The van der Waals surface area contributed by atoms with Gasteiger partial charge in [-0.2, -0.15) is 8.42 Å². The van der Waals surface area contributed by atoms with Crippen molar-refractivity contribution >= 4 is 45.0 Å². The Balaban J connectivity index is 2.15. The van der Waals surface area contributed by atoms with Crippen LogP contribution in [0, 0.1) is 0 Å². The normalized spacial score (nSPS) is 11.1. The van der Waals surface area contributed by atoms with Crippen molar-refractivity contribution in [2.45, 2.75) is 6.54 Å². The van der Waals surface area contributed by atoms with Crippen LogP contribution in [0.15, 0.2) is 42.5 Å². The van der Waals surface area contributed by atoms with Gasteiger partial charge in [0.1, 0.15) is 5.75 Å². The minimum atomic E-state index is -3.64. The molecule has 0 saturated heterocycles. The number of carbonyl (C=O) groups excluding carboxylic acids is 1. The van der Waals surface area contributed by atoms with Crippen LogP contribution in [0.25, 0.3) is 0 Å². The molecule has 152 valence electrons. The average molecular weight is 447 g/mol. The van der Waals surface area contributed by atoms with Crippen LogP contribution in [0.5, 0.6) is 5.75 Å². The quantitative estimate of drug-likeness (QED) is 0.619. The van der Waals surface area contributed by atoms with Crippen molar-refractivity contribution in [1.29, 1.82) is 0 Å². The smallest absolute Gasteiger partial charge is 0.322 e. The molecule has 2 aromatic rings. The second kappa shape index (κ2) is 9.97.